The number of urea groups is 2. The van der Waals surface area contributed by atoms with E-state index in [0.717, 1.165) is 0 Å². The number of aromatic nitrogens is 1. The van der Waals surface area contributed by atoms with Gasteiger partial charge in [-0.3, -0.25) is 4.79 Å². The van der Waals surface area contributed by atoms with Gasteiger partial charge in [0.15, 0.2) is 5.76 Å². The number of hydrogen-bond donors (Lipinski definition) is 4. The molecule has 4 N–H and O–H groups in total. The van der Waals surface area contributed by atoms with Crippen LogP contribution in [0.15, 0.2) is 22.7 Å². The van der Waals surface area contributed by atoms with Gasteiger partial charge in [-0.15, -0.1) is 0 Å². The maximum atomic E-state index is 13.6. The zero-order valence-corrected chi connectivity index (χ0v) is 23.0. The number of aryl methyl sites for hydroxylation is 2. The van der Waals surface area contributed by atoms with Crippen LogP contribution in [0.1, 0.15) is 49.5 Å². The molecular weight excluding hydrogens is 492 g/mol. The fraction of sp³-hybridized carbons (Fsp3) is 0.538. The van der Waals surface area contributed by atoms with Crippen molar-refractivity contribution in [2.45, 2.75) is 59.7 Å². The first-order valence-corrected chi connectivity index (χ1v) is 12.7. The summed E-state index contributed by atoms with van der Waals surface area (Å²) in [6.45, 7) is 11.3. The monoisotopic (exact) mass is 530 g/mol. The molecule has 1 aliphatic heterocycles. The van der Waals surface area contributed by atoms with Gasteiger partial charge in [0, 0.05) is 31.2 Å². The third-order valence-electron chi connectivity index (χ3n) is 6.41. The lowest BCUT2D eigenvalue weighted by atomic mass is 9.99. The molecule has 3 rings (SSSR count). The van der Waals surface area contributed by atoms with E-state index in [0.29, 0.717) is 35.1 Å². The molecule has 3 atom stereocenters. The summed E-state index contributed by atoms with van der Waals surface area (Å²) >= 11 is 0. The van der Waals surface area contributed by atoms with Crippen LogP contribution in [0.5, 0.6) is 5.75 Å². The highest BCUT2D eigenvalue weighted by Gasteiger charge is 2.34. The lowest BCUT2D eigenvalue weighted by molar-refractivity contribution is 0.0366. The number of ether oxygens (including phenoxy) is 1. The third-order valence-corrected chi connectivity index (χ3v) is 6.41. The second-order valence-corrected chi connectivity index (χ2v) is 10.1. The van der Waals surface area contributed by atoms with Crippen LogP contribution in [0.4, 0.5) is 21.0 Å². The van der Waals surface area contributed by atoms with Crippen molar-refractivity contribution in [3.8, 4) is 5.75 Å². The van der Waals surface area contributed by atoms with Crippen molar-refractivity contribution in [1.82, 2.24) is 20.3 Å². The minimum absolute atomic E-state index is 0.0133. The molecule has 0 radical (unpaired) electrons. The molecule has 0 fully saturated rings. The Morgan fingerprint density at radius 1 is 1.24 bits per heavy atom. The van der Waals surface area contributed by atoms with Crippen molar-refractivity contribution in [2.24, 2.45) is 5.92 Å². The first-order chi connectivity index (χ1) is 17.9. The van der Waals surface area contributed by atoms with Gasteiger partial charge < -0.3 is 40.1 Å². The zero-order chi connectivity index (χ0) is 28.1. The maximum absolute atomic E-state index is 13.6. The lowest BCUT2D eigenvalue weighted by Gasteiger charge is -2.38. The summed E-state index contributed by atoms with van der Waals surface area (Å²) in [7, 11) is 1.69. The number of carbonyl (C=O) groups is 3. The smallest absolute Gasteiger partial charge is 0.323 e. The van der Waals surface area contributed by atoms with E-state index in [9.17, 15) is 19.5 Å². The van der Waals surface area contributed by atoms with Crippen molar-refractivity contribution >= 4 is 29.3 Å². The van der Waals surface area contributed by atoms with Crippen LogP contribution >= 0.6 is 0 Å². The number of aliphatic hydroxyl groups is 1. The molecule has 1 aromatic heterocycles. The standard InChI is InChI=1S/C26H38N6O6/c1-14(2)27-26(36)31(7)12-22-15(3)11-32(16(4)13-33)24(34)20-10-19(8-9-21(20)37-22)28-25(35)29-23-17(5)30-38-18(23)6/h8-10,14-16,22,33H,11-13H2,1-7H3,(H,27,36)(H2,28,29,35)/t15-,16+,22+/m1/s1. The van der Waals surface area contributed by atoms with E-state index < -0.39 is 18.2 Å². The average molecular weight is 531 g/mol. The van der Waals surface area contributed by atoms with Gasteiger partial charge in [-0.1, -0.05) is 12.1 Å². The summed E-state index contributed by atoms with van der Waals surface area (Å²) in [5.74, 6) is 0.331. The van der Waals surface area contributed by atoms with Crippen molar-refractivity contribution < 1.29 is 28.8 Å². The average Bonchev–Trinajstić information content (AvgIpc) is 3.17. The van der Waals surface area contributed by atoms with Crippen LogP contribution in [0.3, 0.4) is 0 Å². The zero-order valence-electron chi connectivity index (χ0n) is 23.0. The maximum Gasteiger partial charge on any atom is 0.323 e. The van der Waals surface area contributed by atoms with Gasteiger partial charge in [-0.05, 0) is 52.8 Å². The highest BCUT2D eigenvalue weighted by Crippen LogP contribution is 2.31. The summed E-state index contributed by atoms with van der Waals surface area (Å²) < 4.78 is 11.4. The number of rotatable bonds is 7. The second-order valence-electron chi connectivity index (χ2n) is 10.1. The highest BCUT2D eigenvalue weighted by atomic mass is 16.5. The Morgan fingerprint density at radius 2 is 1.95 bits per heavy atom. The number of carbonyl (C=O) groups excluding carboxylic acids is 3. The molecule has 1 aliphatic rings. The summed E-state index contributed by atoms with van der Waals surface area (Å²) in [5.41, 5.74) is 1.63. The molecule has 0 bridgehead atoms. The van der Waals surface area contributed by atoms with Gasteiger partial charge in [0.1, 0.15) is 23.2 Å². The fourth-order valence-electron chi connectivity index (χ4n) is 4.17. The molecule has 12 nitrogen and oxygen atoms in total. The van der Waals surface area contributed by atoms with Crippen molar-refractivity contribution in [2.75, 3.05) is 37.4 Å². The van der Waals surface area contributed by atoms with Gasteiger partial charge in [0.25, 0.3) is 5.91 Å². The molecule has 0 aliphatic carbocycles. The number of hydrogen-bond acceptors (Lipinski definition) is 7. The first kappa shape index (κ1) is 28.8. The Bertz CT molecular complexity index is 1150. The van der Waals surface area contributed by atoms with Gasteiger partial charge in [0.05, 0.1) is 24.8 Å². The minimum atomic E-state index is -0.525. The van der Waals surface area contributed by atoms with Crippen LogP contribution in [0, 0.1) is 19.8 Å². The van der Waals surface area contributed by atoms with Crippen LogP contribution < -0.4 is 20.7 Å². The molecule has 208 valence electrons. The van der Waals surface area contributed by atoms with E-state index in [1.165, 1.54) is 0 Å². The SMILES string of the molecule is Cc1noc(C)c1NC(=O)Nc1ccc2c(c1)C(=O)N([C@@H](C)CO)C[C@@H](C)[C@H](CN(C)C(=O)NC(C)C)O2. The Morgan fingerprint density at radius 3 is 2.55 bits per heavy atom. The number of nitrogens with one attached hydrogen (secondary N) is 3. The fourth-order valence-corrected chi connectivity index (χ4v) is 4.17. The number of nitrogens with zero attached hydrogens (tertiary/aromatic N) is 3. The molecule has 0 saturated heterocycles. The first-order valence-electron chi connectivity index (χ1n) is 12.7. The lowest BCUT2D eigenvalue weighted by Crippen LogP contribution is -2.51. The molecule has 0 spiro atoms. The number of fused-ring (bicyclic) bond motifs is 1. The molecule has 0 saturated carbocycles. The number of amides is 5. The minimum Gasteiger partial charge on any atom is -0.487 e. The molecule has 12 heteroatoms. The molecule has 1 aromatic carbocycles. The summed E-state index contributed by atoms with van der Waals surface area (Å²) in [4.78, 5) is 41.9. The Kier molecular flexibility index (Phi) is 9.21. The molecule has 0 unspecified atom stereocenters. The van der Waals surface area contributed by atoms with E-state index in [1.54, 1.807) is 55.8 Å². The second kappa shape index (κ2) is 12.2. The molecule has 2 aromatic rings. The largest absolute Gasteiger partial charge is 0.487 e. The van der Waals surface area contributed by atoms with Crippen LogP contribution in [-0.4, -0.2) is 83.0 Å². The van der Waals surface area contributed by atoms with E-state index in [-0.39, 0.29) is 42.6 Å². The molecule has 38 heavy (non-hydrogen) atoms. The van der Waals surface area contributed by atoms with Crippen LogP contribution in [0.25, 0.3) is 0 Å². The van der Waals surface area contributed by atoms with E-state index >= 15 is 0 Å². The van der Waals surface area contributed by atoms with E-state index in [1.807, 2.05) is 20.8 Å². The molecule has 2 heterocycles. The molecule has 5 amide bonds. The van der Waals surface area contributed by atoms with Crippen LogP contribution in [-0.2, 0) is 0 Å². The Labute approximate surface area is 222 Å². The normalized spacial score (nSPS) is 18.1. The topological polar surface area (TPSA) is 149 Å². The quantitative estimate of drug-likeness (QED) is 0.429. The highest BCUT2D eigenvalue weighted by molar-refractivity contribution is 6.03. The van der Waals surface area contributed by atoms with Crippen LogP contribution in [0.2, 0.25) is 0 Å². The number of likely N-dealkylation sites (N-methyl/N-ethyl adjacent to an activating group) is 1. The Hall–Kier alpha value is -3.80. The summed E-state index contributed by atoms with van der Waals surface area (Å²) in [5, 5.41) is 22.0. The van der Waals surface area contributed by atoms with E-state index in [2.05, 4.69) is 21.1 Å². The third kappa shape index (κ3) is 6.74. The number of benzene rings is 1. The molecular formula is C26H38N6O6. The van der Waals surface area contributed by atoms with Gasteiger partial charge in [-0.25, -0.2) is 9.59 Å². The predicted octanol–water partition coefficient (Wildman–Crippen LogP) is 3.21. The summed E-state index contributed by atoms with van der Waals surface area (Å²) in [6.07, 6.45) is -0.431. The van der Waals surface area contributed by atoms with Gasteiger partial charge in [-0.2, -0.15) is 0 Å². The summed E-state index contributed by atoms with van der Waals surface area (Å²) in [6, 6.07) is 3.60. The van der Waals surface area contributed by atoms with Crippen molar-refractivity contribution in [1.29, 1.82) is 0 Å². The van der Waals surface area contributed by atoms with E-state index in [4.69, 9.17) is 9.26 Å². The van der Waals surface area contributed by atoms with Gasteiger partial charge in [0.2, 0.25) is 0 Å². The van der Waals surface area contributed by atoms with Gasteiger partial charge >= 0.3 is 12.1 Å². The number of aliphatic hydroxyl groups excluding tert-OH is 1. The van der Waals surface area contributed by atoms with Crippen molar-refractivity contribution in [3.05, 3.63) is 35.2 Å². The number of anilines is 2. The Balaban J connectivity index is 1.88. The predicted molar refractivity (Wildman–Crippen MR) is 143 cm³/mol. The van der Waals surface area contributed by atoms with Crippen molar-refractivity contribution in [3.63, 3.8) is 0 Å².